The molecule has 0 bridgehead atoms. The van der Waals surface area contributed by atoms with Crippen LogP contribution in [0.2, 0.25) is 10.0 Å². The topological polar surface area (TPSA) is 76.8 Å². The van der Waals surface area contributed by atoms with Crippen molar-refractivity contribution >= 4 is 39.9 Å². The molecule has 2 atom stereocenters. The van der Waals surface area contributed by atoms with E-state index in [1.807, 2.05) is 0 Å². The van der Waals surface area contributed by atoms with Gasteiger partial charge in [-0.3, -0.25) is 0 Å². The van der Waals surface area contributed by atoms with Crippen LogP contribution in [0.4, 0.5) is 5.69 Å². The molecule has 0 heterocycles. The number of halogens is 2. The van der Waals surface area contributed by atoms with Crippen molar-refractivity contribution in [3.63, 3.8) is 0 Å². The molecule has 0 amide bonds. The van der Waals surface area contributed by atoms with Gasteiger partial charge in [0.1, 0.15) is 15.9 Å². The third-order valence-electron chi connectivity index (χ3n) is 2.76. The first-order valence-electron chi connectivity index (χ1n) is 5.91. The molecular weight excluding hydrogens is 335 g/mol. The van der Waals surface area contributed by atoms with Crippen LogP contribution >= 0.6 is 23.2 Å². The van der Waals surface area contributed by atoms with Crippen molar-refractivity contribution in [2.75, 3.05) is 0 Å². The summed E-state index contributed by atoms with van der Waals surface area (Å²) < 4.78 is 14.9. The van der Waals surface area contributed by atoms with Gasteiger partial charge >= 0.3 is 0 Å². The van der Waals surface area contributed by atoms with Crippen molar-refractivity contribution in [3.8, 4) is 0 Å². The van der Waals surface area contributed by atoms with Gasteiger partial charge in [-0.2, -0.15) is 5.23 Å². The summed E-state index contributed by atoms with van der Waals surface area (Å²) in [7, 11) is -1.68. The van der Waals surface area contributed by atoms with Crippen molar-refractivity contribution in [2.24, 2.45) is 0 Å². The highest BCUT2D eigenvalue weighted by Gasteiger charge is 2.15. The van der Waals surface area contributed by atoms with E-state index in [0.717, 1.165) is 0 Å². The molecule has 0 radical (unpaired) electrons. The van der Waals surface area contributed by atoms with Crippen molar-refractivity contribution in [2.45, 2.75) is 11.4 Å². The van der Waals surface area contributed by atoms with Crippen LogP contribution in [0.15, 0.2) is 47.4 Å². The molecular formula is C13H12Cl2N2O3S. The molecule has 2 rings (SSSR count). The van der Waals surface area contributed by atoms with Crippen LogP contribution in [-0.4, -0.2) is 9.42 Å². The normalized spacial score (nSPS) is 13.9. The molecule has 0 aliphatic heterocycles. The SMILES string of the molecule is O=S(NCc1c(Cl)cccc1Cl)c1ccccc1[NH+]([O-])O. The summed E-state index contributed by atoms with van der Waals surface area (Å²) in [6.07, 6.45) is 0. The Morgan fingerprint density at radius 1 is 1.14 bits per heavy atom. The number of benzene rings is 2. The zero-order valence-corrected chi connectivity index (χ0v) is 13.0. The molecule has 21 heavy (non-hydrogen) atoms. The Bertz CT molecular complexity index is 647. The largest absolute Gasteiger partial charge is 0.595 e. The van der Waals surface area contributed by atoms with Gasteiger partial charge in [-0.05, 0) is 18.2 Å². The van der Waals surface area contributed by atoms with Gasteiger partial charge in [0, 0.05) is 28.2 Å². The fourth-order valence-electron chi connectivity index (χ4n) is 1.72. The Labute approximate surface area is 134 Å². The van der Waals surface area contributed by atoms with Crippen molar-refractivity contribution in [3.05, 3.63) is 63.3 Å². The van der Waals surface area contributed by atoms with Crippen LogP contribution in [0, 0.1) is 5.21 Å². The molecule has 0 spiro atoms. The van der Waals surface area contributed by atoms with E-state index in [1.54, 1.807) is 30.3 Å². The predicted molar refractivity (Wildman–Crippen MR) is 81.9 cm³/mol. The summed E-state index contributed by atoms with van der Waals surface area (Å²) in [6.45, 7) is 0.166. The second kappa shape index (κ2) is 7.33. The monoisotopic (exact) mass is 346 g/mol. The lowest BCUT2D eigenvalue weighted by molar-refractivity contribution is -0.992. The van der Waals surface area contributed by atoms with Gasteiger partial charge in [-0.25, -0.2) is 14.1 Å². The first kappa shape index (κ1) is 16.4. The maximum Gasteiger partial charge on any atom is 0.181 e. The molecule has 0 aromatic heterocycles. The number of nitrogens with one attached hydrogen (secondary N) is 2. The number of hydrogen-bond donors (Lipinski definition) is 3. The Balaban J connectivity index is 2.16. The van der Waals surface area contributed by atoms with Gasteiger partial charge in [-0.1, -0.05) is 41.4 Å². The van der Waals surface area contributed by atoms with E-state index in [-0.39, 0.29) is 17.1 Å². The molecule has 0 fully saturated rings. The maximum atomic E-state index is 12.2. The minimum absolute atomic E-state index is 0.00594. The number of hydrogen-bond acceptors (Lipinski definition) is 3. The lowest BCUT2D eigenvalue weighted by Crippen LogP contribution is -2.99. The molecule has 3 N–H and O–H groups in total. The summed E-state index contributed by atoms with van der Waals surface area (Å²) >= 11 is 12.0. The van der Waals surface area contributed by atoms with E-state index in [1.165, 1.54) is 12.1 Å². The highest BCUT2D eigenvalue weighted by Crippen LogP contribution is 2.24. The van der Waals surface area contributed by atoms with E-state index in [4.69, 9.17) is 28.4 Å². The Morgan fingerprint density at radius 2 is 1.76 bits per heavy atom. The molecule has 2 unspecified atom stereocenters. The number of para-hydroxylation sites is 1. The first-order chi connectivity index (χ1) is 10.0. The van der Waals surface area contributed by atoms with E-state index in [9.17, 15) is 9.42 Å². The lowest BCUT2D eigenvalue weighted by atomic mass is 10.2. The molecule has 2 aromatic carbocycles. The number of quaternary nitrogens is 1. The second-order valence-corrected chi connectivity index (χ2v) is 6.17. The van der Waals surface area contributed by atoms with Crippen molar-refractivity contribution < 1.29 is 14.6 Å². The molecule has 8 heteroatoms. The Morgan fingerprint density at radius 3 is 2.38 bits per heavy atom. The van der Waals surface area contributed by atoms with E-state index >= 15 is 0 Å². The average molecular weight is 347 g/mol. The van der Waals surface area contributed by atoms with E-state index in [2.05, 4.69) is 4.72 Å². The smallest absolute Gasteiger partial charge is 0.181 e. The van der Waals surface area contributed by atoms with Gasteiger partial charge in [-0.15, -0.1) is 0 Å². The predicted octanol–water partition coefficient (Wildman–Crippen LogP) is 2.21. The van der Waals surface area contributed by atoms with Crippen LogP contribution in [0.5, 0.6) is 0 Å². The van der Waals surface area contributed by atoms with Crippen molar-refractivity contribution in [1.82, 2.24) is 4.72 Å². The fourth-order valence-corrected chi connectivity index (χ4v) is 3.24. The molecule has 112 valence electrons. The molecule has 5 nitrogen and oxygen atoms in total. The highest BCUT2D eigenvalue weighted by atomic mass is 35.5. The van der Waals surface area contributed by atoms with E-state index < -0.39 is 16.2 Å². The molecule has 2 aromatic rings. The summed E-state index contributed by atoms with van der Waals surface area (Å²) in [6, 6.07) is 11.2. The first-order valence-corrected chi connectivity index (χ1v) is 7.81. The van der Waals surface area contributed by atoms with Gasteiger partial charge in [0.2, 0.25) is 0 Å². The lowest BCUT2D eigenvalue weighted by Gasteiger charge is -2.15. The Hall–Kier alpha value is -0.990. The number of rotatable bonds is 5. The van der Waals surface area contributed by atoms with Crippen LogP contribution in [0.25, 0.3) is 0 Å². The summed E-state index contributed by atoms with van der Waals surface area (Å²) in [5.74, 6) is 0. The van der Waals surface area contributed by atoms with Gasteiger partial charge < -0.3 is 5.21 Å². The molecule has 0 saturated heterocycles. The standard InChI is InChI=1S/C13H12Cl2N2O3S/c14-10-4-3-5-11(15)9(10)8-16-21(20)13-7-2-1-6-12(13)17(18)19/h1-7,16-18H,8H2. The molecule has 0 aliphatic carbocycles. The minimum Gasteiger partial charge on any atom is -0.595 e. The quantitative estimate of drug-likeness (QED) is 0.726. The maximum absolute atomic E-state index is 12.2. The minimum atomic E-state index is -1.68. The van der Waals surface area contributed by atoms with Crippen LogP contribution in [0.1, 0.15) is 5.56 Å². The summed E-state index contributed by atoms with van der Waals surface area (Å²) in [5.41, 5.74) is 0.607. The van der Waals surface area contributed by atoms with Crippen molar-refractivity contribution in [1.29, 1.82) is 0 Å². The van der Waals surface area contributed by atoms with Crippen LogP contribution in [0.3, 0.4) is 0 Å². The van der Waals surface area contributed by atoms with Crippen LogP contribution in [-0.2, 0) is 17.5 Å². The Kier molecular flexibility index (Phi) is 5.72. The zero-order chi connectivity index (χ0) is 15.4. The van der Waals surface area contributed by atoms with E-state index in [0.29, 0.717) is 15.6 Å². The zero-order valence-electron chi connectivity index (χ0n) is 10.7. The third-order valence-corrected chi connectivity index (χ3v) is 4.63. The van der Waals surface area contributed by atoms with Gasteiger partial charge in [0.15, 0.2) is 5.69 Å². The molecule has 0 saturated carbocycles. The fraction of sp³-hybridized carbons (Fsp3) is 0.0769. The second-order valence-electron chi connectivity index (χ2n) is 4.09. The summed E-state index contributed by atoms with van der Waals surface area (Å²) in [4.78, 5) is 0.202. The summed E-state index contributed by atoms with van der Waals surface area (Å²) in [5, 5.41) is 20.0. The van der Waals surface area contributed by atoms with Gasteiger partial charge in [0.25, 0.3) is 0 Å². The third kappa shape index (κ3) is 4.02. The average Bonchev–Trinajstić information content (AvgIpc) is 2.46. The van der Waals surface area contributed by atoms with Gasteiger partial charge in [0.05, 0.1) is 0 Å². The molecule has 0 aliphatic rings. The highest BCUT2D eigenvalue weighted by molar-refractivity contribution is 7.83. The van der Waals surface area contributed by atoms with Crippen LogP contribution < -0.4 is 9.95 Å².